The molecule has 0 bridgehead atoms. The van der Waals surface area contributed by atoms with Gasteiger partial charge >= 0.3 is 0 Å². The van der Waals surface area contributed by atoms with Crippen LogP contribution in [0.4, 0.5) is 0 Å². The summed E-state index contributed by atoms with van der Waals surface area (Å²) < 4.78 is 18.8. The number of hydrogen-bond acceptors (Lipinski definition) is 5. The quantitative estimate of drug-likeness (QED) is 0.0780. The van der Waals surface area contributed by atoms with Gasteiger partial charge in [-0.2, -0.15) is 0 Å². The highest BCUT2D eigenvalue weighted by Gasteiger charge is 2.25. The van der Waals surface area contributed by atoms with Crippen LogP contribution >= 0.6 is 11.6 Å². The van der Waals surface area contributed by atoms with Gasteiger partial charge in [0.05, 0.1) is 0 Å². The molecule has 0 saturated carbocycles. The third kappa shape index (κ3) is 10.00. The third-order valence-corrected chi connectivity index (χ3v) is 11.6. The Hall–Kier alpha value is -5.59. The van der Waals surface area contributed by atoms with Crippen molar-refractivity contribution in [1.82, 2.24) is 4.90 Å². The second-order valence-electron chi connectivity index (χ2n) is 15.3. The summed E-state index contributed by atoms with van der Waals surface area (Å²) in [5.74, 6) is 2.97. The minimum atomic E-state index is -0.869. The Morgan fingerprint density at radius 2 is 1.25 bits per heavy atom. The van der Waals surface area contributed by atoms with E-state index in [1.807, 2.05) is 54.6 Å². The Morgan fingerprint density at radius 3 is 1.98 bits per heavy atom. The average molecular weight is 802 g/mol. The van der Waals surface area contributed by atoms with Gasteiger partial charge < -0.3 is 19.3 Å². The SMILES string of the molecule is OC(COc1ccc(C(=C(CCCl)c2ccccc2)c2ccccc2)cc1)c1ccccc1C1=C(Cc2ccc(OCCN3CCCCC3)cc2)c2ccccc2OC1. The number of aliphatic hydroxyl groups is 1. The predicted molar refractivity (Wildman–Crippen MR) is 242 cm³/mol. The lowest BCUT2D eigenvalue weighted by Crippen LogP contribution is -2.33. The number of piperidine rings is 1. The van der Waals surface area contributed by atoms with Crippen molar-refractivity contribution in [2.45, 2.75) is 38.2 Å². The van der Waals surface area contributed by atoms with Gasteiger partial charge in [-0.1, -0.05) is 134 Å². The highest BCUT2D eigenvalue weighted by molar-refractivity contribution is 6.18. The van der Waals surface area contributed by atoms with E-state index in [0.29, 0.717) is 31.3 Å². The fraction of sp³-hybridized carbons (Fsp3) is 0.245. The lowest BCUT2D eigenvalue weighted by molar-refractivity contribution is 0.108. The topological polar surface area (TPSA) is 51.2 Å². The highest BCUT2D eigenvalue weighted by atomic mass is 35.5. The summed E-state index contributed by atoms with van der Waals surface area (Å²) in [6.07, 6.45) is 4.49. The average Bonchev–Trinajstić information content (AvgIpc) is 3.30. The van der Waals surface area contributed by atoms with Crippen molar-refractivity contribution in [3.8, 4) is 17.2 Å². The van der Waals surface area contributed by atoms with Crippen LogP contribution in [0.1, 0.15) is 70.7 Å². The first kappa shape index (κ1) is 40.2. The fourth-order valence-electron chi connectivity index (χ4n) is 8.38. The molecule has 2 aliphatic rings. The van der Waals surface area contributed by atoms with Crippen LogP contribution in [0, 0.1) is 0 Å². The van der Waals surface area contributed by atoms with Crippen LogP contribution in [0.15, 0.2) is 158 Å². The predicted octanol–water partition coefficient (Wildman–Crippen LogP) is 11.8. The zero-order valence-electron chi connectivity index (χ0n) is 33.6. The third-order valence-electron chi connectivity index (χ3n) is 11.4. The van der Waals surface area contributed by atoms with E-state index in [2.05, 4.69) is 108 Å². The number of benzene rings is 6. The van der Waals surface area contributed by atoms with Crippen molar-refractivity contribution in [2.75, 3.05) is 45.3 Å². The second kappa shape index (κ2) is 19.9. The number of likely N-dealkylation sites (tertiary alicyclic amines) is 1. The van der Waals surface area contributed by atoms with E-state index in [9.17, 15) is 5.11 Å². The van der Waals surface area contributed by atoms with Gasteiger partial charge in [-0.3, -0.25) is 4.90 Å². The molecule has 1 N–H and O–H groups in total. The molecule has 1 unspecified atom stereocenters. The minimum absolute atomic E-state index is 0.0958. The Morgan fingerprint density at radius 1 is 0.644 bits per heavy atom. The van der Waals surface area contributed by atoms with Crippen molar-refractivity contribution >= 4 is 33.9 Å². The molecule has 1 fully saturated rings. The van der Waals surface area contributed by atoms with E-state index < -0.39 is 6.10 Å². The van der Waals surface area contributed by atoms with Crippen LogP contribution in [0.2, 0.25) is 0 Å². The molecule has 5 nitrogen and oxygen atoms in total. The highest BCUT2D eigenvalue weighted by Crippen LogP contribution is 2.41. The number of aliphatic hydroxyl groups excluding tert-OH is 1. The summed E-state index contributed by atoms with van der Waals surface area (Å²) in [7, 11) is 0. The molecule has 300 valence electrons. The first-order chi connectivity index (χ1) is 29.1. The summed E-state index contributed by atoms with van der Waals surface area (Å²) in [5, 5.41) is 11.8. The van der Waals surface area contributed by atoms with Gasteiger partial charge in [0.1, 0.15) is 43.2 Å². The first-order valence-corrected chi connectivity index (χ1v) is 21.5. The van der Waals surface area contributed by atoms with Gasteiger partial charge in [-0.25, -0.2) is 0 Å². The summed E-state index contributed by atoms with van der Waals surface area (Å²) in [6, 6.07) is 53.9. The number of para-hydroxylation sites is 1. The number of rotatable bonds is 16. The molecule has 8 rings (SSSR count). The monoisotopic (exact) mass is 801 g/mol. The van der Waals surface area contributed by atoms with Crippen molar-refractivity contribution in [1.29, 1.82) is 0 Å². The minimum Gasteiger partial charge on any atom is -0.492 e. The normalized spacial score (nSPS) is 15.2. The van der Waals surface area contributed by atoms with Gasteiger partial charge in [-0.05, 0) is 119 Å². The molecule has 1 saturated heterocycles. The number of alkyl halides is 1. The van der Waals surface area contributed by atoms with Crippen molar-refractivity contribution in [2.24, 2.45) is 0 Å². The van der Waals surface area contributed by atoms with Crippen LogP contribution in [-0.2, 0) is 6.42 Å². The lowest BCUT2D eigenvalue weighted by Gasteiger charge is -2.27. The molecule has 0 radical (unpaired) electrons. The molecule has 59 heavy (non-hydrogen) atoms. The fourth-order valence-corrected chi connectivity index (χ4v) is 8.57. The Labute approximate surface area is 354 Å². The van der Waals surface area contributed by atoms with Crippen molar-refractivity contribution in [3.63, 3.8) is 0 Å². The van der Waals surface area contributed by atoms with Crippen LogP contribution in [0.25, 0.3) is 22.3 Å². The van der Waals surface area contributed by atoms with Crippen LogP contribution in [-0.4, -0.2) is 55.3 Å². The van der Waals surface area contributed by atoms with Crippen molar-refractivity contribution in [3.05, 3.63) is 197 Å². The molecule has 0 aliphatic carbocycles. The summed E-state index contributed by atoms with van der Waals surface area (Å²) >= 11 is 6.38. The van der Waals surface area contributed by atoms with E-state index in [1.165, 1.54) is 49.1 Å². The van der Waals surface area contributed by atoms with Gasteiger partial charge in [0.2, 0.25) is 0 Å². The van der Waals surface area contributed by atoms with Gasteiger partial charge in [0.25, 0.3) is 0 Å². The molecule has 6 heteroatoms. The Bertz CT molecular complexity index is 2330. The number of fused-ring (bicyclic) bond motifs is 1. The summed E-state index contributed by atoms with van der Waals surface area (Å²) in [4.78, 5) is 2.50. The molecule has 0 aromatic heterocycles. The molecule has 6 aromatic rings. The Balaban J connectivity index is 1.01. The van der Waals surface area contributed by atoms with Crippen LogP contribution in [0.3, 0.4) is 0 Å². The maximum atomic E-state index is 11.8. The number of halogens is 1. The largest absolute Gasteiger partial charge is 0.492 e. The molecular formula is C53H52ClNO4. The zero-order chi connectivity index (χ0) is 40.2. The lowest BCUT2D eigenvalue weighted by atomic mass is 9.86. The molecule has 0 amide bonds. The van der Waals surface area contributed by atoms with E-state index in [-0.39, 0.29) is 6.61 Å². The smallest absolute Gasteiger partial charge is 0.127 e. The molecule has 6 aromatic carbocycles. The van der Waals surface area contributed by atoms with Gasteiger partial charge in [-0.15, -0.1) is 11.6 Å². The van der Waals surface area contributed by atoms with E-state index in [0.717, 1.165) is 69.0 Å². The van der Waals surface area contributed by atoms with Gasteiger partial charge in [0.15, 0.2) is 0 Å². The zero-order valence-corrected chi connectivity index (χ0v) is 34.3. The molecular weight excluding hydrogens is 750 g/mol. The molecule has 0 spiro atoms. The summed E-state index contributed by atoms with van der Waals surface area (Å²) in [6.45, 7) is 4.51. The van der Waals surface area contributed by atoms with Crippen LogP contribution in [0.5, 0.6) is 17.2 Å². The number of hydrogen-bond donors (Lipinski definition) is 1. The van der Waals surface area contributed by atoms with E-state index in [1.54, 1.807) is 0 Å². The first-order valence-electron chi connectivity index (χ1n) is 20.9. The molecule has 2 aliphatic heterocycles. The van der Waals surface area contributed by atoms with Crippen LogP contribution < -0.4 is 14.2 Å². The van der Waals surface area contributed by atoms with E-state index >= 15 is 0 Å². The number of ether oxygens (including phenoxy) is 3. The molecule has 2 heterocycles. The van der Waals surface area contributed by atoms with E-state index in [4.69, 9.17) is 25.8 Å². The maximum Gasteiger partial charge on any atom is 0.127 e. The standard InChI is InChI=1S/C53H52ClNO4/c54-31-30-45(40-14-4-1-5-15-40)53(41-16-6-2-7-17-41)42-24-28-44(29-25-42)58-38-51(56)47-19-9-8-18-46(47)50-37-59-52-21-11-10-20-48(52)49(50)36-39-22-26-43(27-23-39)57-35-34-55-32-12-3-13-33-55/h1-2,4-11,14-29,51,56H,3,12-13,30-38H2. The summed E-state index contributed by atoms with van der Waals surface area (Å²) in [5.41, 5.74) is 12.0. The number of allylic oxidation sites excluding steroid dienone is 2. The Kier molecular flexibility index (Phi) is 13.6. The number of nitrogens with zero attached hydrogens (tertiary/aromatic N) is 1. The van der Waals surface area contributed by atoms with Crippen molar-refractivity contribution < 1.29 is 19.3 Å². The second-order valence-corrected chi connectivity index (χ2v) is 15.7. The van der Waals surface area contributed by atoms with Gasteiger partial charge in [0, 0.05) is 23.6 Å². The molecule has 1 atom stereocenters. The maximum absolute atomic E-state index is 11.8.